The summed E-state index contributed by atoms with van der Waals surface area (Å²) in [7, 11) is -2.00. The van der Waals surface area contributed by atoms with Gasteiger partial charge in [-0.15, -0.1) is 0 Å². The summed E-state index contributed by atoms with van der Waals surface area (Å²) in [5.74, 6) is -1.24. The zero-order valence-corrected chi connectivity index (χ0v) is 58.4. The molecule has 0 amide bonds. The topological polar surface area (TPSA) is 303 Å². The first kappa shape index (κ1) is 72.9. The summed E-state index contributed by atoms with van der Waals surface area (Å²) in [6.45, 7) is 19.1. The number of ether oxygens (including phenoxy) is 5. The second-order valence-electron chi connectivity index (χ2n) is 24.3. The van der Waals surface area contributed by atoms with E-state index in [1.165, 1.54) is 42.5 Å². The second-order valence-corrected chi connectivity index (χ2v) is 26.8. The molecule has 24 nitrogen and oxygen atoms in total. The molecule has 1 atom stereocenters. The summed E-state index contributed by atoms with van der Waals surface area (Å²) in [6.07, 6.45) is 3.96. The Morgan fingerprint density at radius 2 is 1.40 bits per heavy atom. The number of halogens is 1. The normalized spacial score (nSPS) is 14.1. The van der Waals surface area contributed by atoms with Gasteiger partial charge in [0.25, 0.3) is 5.56 Å². The van der Waals surface area contributed by atoms with E-state index in [-0.39, 0.29) is 39.5 Å². The fourth-order valence-corrected chi connectivity index (χ4v) is 12.2. The van der Waals surface area contributed by atoms with Crippen LogP contribution in [-0.2, 0) is 81.9 Å². The van der Waals surface area contributed by atoms with E-state index in [4.69, 9.17) is 54.5 Å². The Morgan fingerprint density at radius 3 is 1.96 bits per heavy atom. The minimum absolute atomic E-state index is 0.0493. The first-order chi connectivity index (χ1) is 47.2. The Labute approximate surface area is 577 Å². The van der Waals surface area contributed by atoms with Gasteiger partial charge in [0, 0.05) is 53.1 Å². The number of carboxylic acid groups (broad SMARTS) is 1. The number of esters is 2. The molecule has 3 aliphatic rings. The fraction of sp³-hybridized carbons (Fsp3) is 0.329. The largest absolute Gasteiger partial charge is 0.493 e. The number of hydrogen-bond acceptors (Lipinski definition) is 20. The van der Waals surface area contributed by atoms with Crippen LogP contribution in [-0.4, -0.2) is 117 Å². The highest BCUT2D eigenvalue weighted by atomic mass is 35.5. The van der Waals surface area contributed by atoms with Gasteiger partial charge in [-0.2, -0.15) is 10.1 Å². The molecule has 99 heavy (non-hydrogen) atoms. The van der Waals surface area contributed by atoms with Crippen molar-refractivity contribution < 1.29 is 75.6 Å². The molecule has 0 saturated heterocycles. The molecule has 3 aliphatic heterocycles. The molecule has 0 fully saturated rings. The lowest BCUT2D eigenvalue weighted by molar-refractivity contribution is -0.144. The van der Waals surface area contributed by atoms with Crippen molar-refractivity contribution in [1.29, 1.82) is 0 Å². The predicted molar refractivity (Wildman–Crippen MR) is 370 cm³/mol. The average molecular weight is 1390 g/mol. The van der Waals surface area contributed by atoms with Gasteiger partial charge in [-0.3, -0.25) is 14.4 Å². The lowest BCUT2D eigenvalue weighted by Gasteiger charge is -2.27. The van der Waals surface area contributed by atoms with Gasteiger partial charge in [-0.25, -0.2) is 32.1 Å². The fourth-order valence-electron chi connectivity index (χ4n) is 11.1. The molecule has 6 heterocycles. The van der Waals surface area contributed by atoms with Crippen LogP contribution in [0, 0.1) is 19.3 Å². The number of oxazole rings is 1. The van der Waals surface area contributed by atoms with E-state index >= 15 is 0 Å². The molecule has 0 bridgehead atoms. The number of carbonyl (C=O) groups excluding carboxylic acids is 3. The number of oxime groups is 2. The van der Waals surface area contributed by atoms with Gasteiger partial charge in [-0.05, 0) is 132 Å². The first-order valence-corrected chi connectivity index (χ1v) is 34.3. The van der Waals surface area contributed by atoms with Crippen molar-refractivity contribution in [3.8, 4) is 40.5 Å². The number of ketones is 1. The number of sulfone groups is 1. The third-order valence-electron chi connectivity index (χ3n) is 16.2. The number of fused-ring (bicyclic) bond motifs is 2. The number of aliphatic carboxylic acids is 1. The number of hydrogen-bond donors (Lipinski definition) is 2. The third kappa shape index (κ3) is 16.8. The Balaban J connectivity index is 0.000000155. The summed E-state index contributed by atoms with van der Waals surface area (Å²) in [6, 6.07) is 38.3. The van der Waals surface area contributed by atoms with Crippen molar-refractivity contribution in [2.75, 3.05) is 32.7 Å². The number of rotatable bonds is 17. The zero-order valence-electron chi connectivity index (χ0n) is 56.8. The summed E-state index contributed by atoms with van der Waals surface area (Å²) in [5, 5.41) is 31.1. The highest BCUT2D eigenvalue weighted by Crippen LogP contribution is 2.42. The van der Waals surface area contributed by atoms with Crippen molar-refractivity contribution >= 4 is 67.7 Å². The summed E-state index contributed by atoms with van der Waals surface area (Å²) in [5.41, 5.74) is 8.29. The van der Waals surface area contributed by atoms with Crippen molar-refractivity contribution in [2.45, 2.75) is 118 Å². The van der Waals surface area contributed by atoms with Gasteiger partial charge in [0.05, 0.1) is 61.5 Å². The molecule has 1 unspecified atom stereocenters. The van der Waals surface area contributed by atoms with Crippen LogP contribution in [0.1, 0.15) is 116 Å². The minimum atomic E-state index is -3.52. The molecule has 0 aliphatic carbocycles. The van der Waals surface area contributed by atoms with Crippen LogP contribution in [0.2, 0.25) is 5.02 Å². The van der Waals surface area contributed by atoms with E-state index in [9.17, 15) is 37.5 Å². The molecule has 9 aromatic rings. The van der Waals surface area contributed by atoms with E-state index in [2.05, 4.69) is 53.3 Å². The van der Waals surface area contributed by atoms with Crippen molar-refractivity contribution in [1.82, 2.24) is 24.1 Å². The predicted octanol–water partition coefficient (Wildman–Crippen LogP) is 12.3. The number of carbonyl (C=O) groups is 4. The highest BCUT2D eigenvalue weighted by molar-refractivity contribution is 7.90. The molecular formula is C73H78ClN7O17S. The number of aryl methyl sites for hydroxylation is 4. The van der Waals surface area contributed by atoms with Gasteiger partial charge >= 0.3 is 24.0 Å². The number of benzene rings is 6. The second kappa shape index (κ2) is 31.4. The lowest BCUT2D eigenvalue weighted by atomic mass is 9.82. The smallest absolute Gasteiger partial charge is 0.400 e. The SMILES string of the molecule is CC(Oc1ccc(Oc2nc3ccc(Cl)cc3o2)cc1)C(=O)O.CCOC(=O)C1=NOC(c2ccccc2)(c2ccccc2)C1.CCc1cc(C)cc(CC)c1-c1c(OC(=O)C(C)(C)C)n2n(c1=O)CCOCC2.Cc1c(C(=O)c2cnn(C)c2O)ccc(S(C)(=O)=O)c1C1=NOCC1. The Bertz CT molecular complexity index is 4620. The molecule has 2 N–H and O–H groups in total. The highest BCUT2D eigenvalue weighted by Gasteiger charge is 2.45. The van der Waals surface area contributed by atoms with Crippen LogP contribution in [0.3, 0.4) is 0 Å². The molecule has 6 aromatic carbocycles. The maximum absolute atomic E-state index is 13.5. The number of nitrogens with zero attached hydrogens (tertiary/aromatic N) is 7. The van der Waals surface area contributed by atoms with Gasteiger partial charge in [0.15, 0.2) is 38.6 Å². The van der Waals surface area contributed by atoms with Crippen molar-refractivity contribution in [3.63, 3.8) is 0 Å². The minimum Gasteiger partial charge on any atom is -0.493 e. The van der Waals surface area contributed by atoms with Crippen LogP contribution in [0.15, 0.2) is 158 Å². The average Bonchev–Trinajstić information content (AvgIpc) is 1.65. The van der Waals surface area contributed by atoms with E-state index in [1.807, 2.05) is 81.4 Å². The van der Waals surface area contributed by atoms with Gasteiger partial charge in [-0.1, -0.05) is 114 Å². The van der Waals surface area contributed by atoms with Crippen LogP contribution in [0.4, 0.5) is 0 Å². The Kier molecular flexibility index (Phi) is 23.1. The molecule has 12 rings (SSSR count). The maximum Gasteiger partial charge on any atom is 0.400 e. The zero-order chi connectivity index (χ0) is 71.5. The Hall–Kier alpha value is -10.4. The summed E-state index contributed by atoms with van der Waals surface area (Å²) in [4.78, 5) is 76.9. The monoisotopic (exact) mass is 1390 g/mol. The molecular weight excluding hydrogens is 1310 g/mol. The number of aromatic nitrogens is 5. The van der Waals surface area contributed by atoms with Crippen molar-refractivity contribution in [3.05, 3.63) is 199 Å². The van der Waals surface area contributed by atoms with Crippen LogP contribution < -0.4 is 19.8 Å². The van der Waals surface area contributed by atoms with Gasteiger partial charge < -0.3 is 48.0 Å². The quantitative estimate of drug-likeness (QED) is 0.0632. The maximum atomic E-state index is 13.5. The molecule has 26 heteroatoms. The van der Waals surface area contributed by atoms with Gasteiger partial charge in [0.1, 0.15) is 34.7 Å². The molecule has 0 saturated carbocycles. The van der Waals surface area contributed by atoms with E-state index in [0.29, 0.717) is 114 Å². The molecule has 0 radical (unpaired) electrons. The number of carboxylic acids is 1. The van der Waals surface area contributed by atoms with Crippen LogP contribution in [0.5, 0.6) is 29.3 Å². The van der Waals surface area contributed by atoms with Crippen LogP contribution in [0.25, 0.3) is 22.2 Å². The lowest BCUT2D eigenvalue weighted by Crippen LogP contribution is -2.29. The summed E-state index contributed by atoms with van der Waals surface area (Å²) >= 11 is 5.88. The standard InChI is InChI=1S/C23H32N2O4.C18H17NO3.C16H12ClNO5.C16H17N3O5S/c1-7-16-13-15(3)14-17(8-2)18(16)19-20(26)24-9-11-28-12-10-25(24)21(19)29-22(27)23(4,5)6;1-2-21-17(20)16-13-18(22-19-16,14-9-5-3-6-10-14)15-11-7-4-8-12-15;1-9(15(19)20)21-11-3-5-12(6-4-11)22-16-18-13-7-2-10(17)8-14(13)23-16;1-9-10(15(20)11-8-17-19(2)16(11)21)4-5-13(25(3,22)23)14(9)12-6-7-24-18-12/h13-14H,7-12H2,1-6H3;3-12H,2,13H2,1H3;2-9H,1H3,(H,19,20);4-5,8,21H,6-7H2,1-3H3. The molecule has 520 valence electrons. The molecule has 0 spiro atoms. The Morgan fingerprint density at radius 1 is 0.778 bits per heavy atom. The van der Waals surface area contributed by atoms with E-state index in [1.54, 1.807) is 65.7 Å². The third-order valence-corrected chi connectivity index (χ3v) is 17.6. The van der Waals surface area contributed by atoms with E-state index < -0.39 is 44.7 Å². The van der Waals surface area contributed by atoms with Crippen LogP contribution >= 0.6 is 11.6 Å². The first-order valence-electron chi connectivity index (χ1n) is 32.0. The van der Waals surface area contributed by atoms with Crippen molar-refractivity contribution in [2.24, 2.45) is 22.8 Å². The number of aromatic hydroxyl groups is 1. The van der Waals surface area contributed by atoms with E-state index in [0.717, 1.165) is 46.9 Å². The van der Waals surface area contributed by atoms with Gasteiger partial charge in [0.2, 0.25) is 11.8 Å². The summed E-state index contributed by atoms with van der Waals surface area (Å²) < 4.78 is 61.6. The molecule has 3 aromatic heterocycles.